The highest BCUT2D eigenvalue weighted by molar-refractivity contribution is 5.82. The lowest BCUT2D eigenvalue weighted by atomic mass is 9.99. The number of likely N-dealkylation sites (N-methyl/N-ethyl adjacent to an activating group) is 1. The van der Waals surface area contributed by atoms with Gasteiger partial charge in [0.15, 0.2) is 17.5 Å². The Balaban J connectivity index is 2.11. The number of ether oxygens (including phenoxy) is 3. The summed E-state index contributed by atoms with van der Waals surface area (Å²) >= 11 is 0. The molecule has 1 saturated heterocycles. The molecule has 0 amide bonds. The summed E-state index contributed by atoms with van der Waals surface area (Å²) in [7, 11) is 10.5. The fourth-order valence-corrected chi connectivity index (χ4v) is 3.78. The maximum absolute atomic E-state index is 12.0. The van der Waals surface area contributed by atoms with E-state index >= 15 is 0 Å². The average Bonchev–Trinajstić information content (AvgIpc) is 3.11. The number of hydrogen-bond donors (Lipinski definition) is 1. The first kappa shape index (κ1) is 22.8. The van der Waals surface area contributed by atoms with Gasteiger partial charge >= 0.3 is 5.97 Å². The molecule has 1 fully saturated rings. The van der Waals surface area contributed by atoms with Gasteiger partial charge in [-0.1, -0.05) is 13.0 Å². The minimum Gasteiger partial charge on any atom is -0.493 e. The highest BCUT2D eigenvalue weighted by Gasteiger charge is 2.37. The van der Waals surface area contributed by atoms with Crippen molar-refractivity contribution in [2.75, 3.05) is 62.1 Å². The molecule has 0 aliphatic carbocycles. The number of benzene rings is 1. The average molecular weight is 407 g/mol. The van der Waals surface area contributed by atoms with Crippen LogP contribution in [0.3, 0.4) is 0 Å². The van der Waals surface area contributed by atoms with Gasteiger partial charge in [0.1, 0.15) is 0 Å². The zero-order valence-corrected chi connectivity index (χ0v) is 18.6. The number of hydrogen-bond acceptors (Lipinski definition) is 6. The van der Waals surface area contributed by atoms with E-state index in [1.807, 2.05) is 32.3 Å². The van der Waals surface area contributed by atoms with Gasteiger partial charge in [-0.05, 0) is 37.7 Å². The number of guanidine groups is 1. The first-order chi connectivity index (χ1) is 13.9. The maximum Gasteiger partial charge on any atom is 0.310 e. The van der Waals surface area contributed by atoms with Crippen molar-refractivity contribution in [2.45, 2.75) is 13.0 Å². The van der Waals surface area contributed by atoms with Crippen LogP contribution in [0, 0.1) is 11.8 Å². The summed E-state index contributed by atoms with van der Waals surface area (Å²) in [4.78, 5) is 20.7. The molecule has 0 radical (unpaired) electrons. The molecule has 0 saturated carbocycles. The van der Waals surface area contributed by atoms with Crippen molar-refractivity contribution in [1.82, 2.24) is 15.1 Å². The van der Waals surface area contributed by atoms with Crippen molar-refractivity contribution in [3.63, 3.8) is 0 Å². The standard InChI is InChI=1S/C21H34N4O4/c1-14-12-25(13-16(14)20(26)29-7)21(22-2)23-11-17(24(3)4)15-8-9-18(27-5)19(10-15)28-6/h8-10,14,16-17H,11-13H2,1-7H3,(H,22,23). The molecule has 1 aliphatic heterocycles. The maximum atomic E-state index is 12.0. The summed E-state index contributed by atoms with van der Waals surface area (Å²) in [6.45, 7) is 4.10. The number of esters is 1. The van der Waals surface area contributed by atoms with E-state index in [2.05, 4.69) is 27.0 Å². The molecule has 1 aromatic carbocycles. The molecule has 0 aromatic heterocycles. The number of carbonyl (C=O) groups excluding carboxylic acids is 1. The highest BCUT2D eigenvalue weighted by Crippen LogP contribution is 2.31. The Bertz CT molecular complexity index is 723. The number of carbonyl (C=O) groups is 1. The quantitative estimate of drug-likeness (QED) is 0.419. The molecule has 1 aliphatic rings. The lowest BCUT2D eigenvalue weighted by molar-refractivity contribution is -0.145. The Morgan fingerprint density at radius 2 is 1.93 bits per heavy atom. The molecule has 1 N–H and O–H groups in total. The lowest BCUT2D eigenvalue weighted by Crippen LogP contribution is -2.43. The van der Waals surface area contributed by atoms with Crippen molar-refractivity contribution in [3.8, 4) is 11.5 Å². The summed E-state index contributed by atoms with van der Waals surface area (Å²) < 4.78 is 15.7. The van der Waals surface area contributed by atoms with Crippen LogP contribution in [0.2, 0.25) is 0 Å². The number of likely N-dealkylation sites (tertiary alicyclic amines) is 1. The topological polar surface area (TPSA) is 75.6 Å². The van der Waals surface area contributed by atoms with Crippen LogP contribution in [0.1, 0.15) is 18.5 Å². The molecule has 2 rings (SSSR count). The van der Waals surface area contributed by atoms with Gasteiger partial charge in [0.2, 0.25) is 0 Å². The molecule has 1 heterocycles. The van der Waals surface area contributed by atoms with Crippen LogP contribution < -0.4 is 14.8 Å². The van der Waals surface area contributed by atoms with Gasteiger partial charge in [0.05, 0.1) is 33.3 Å². The SMILES string of the molecule is CN=C(NCC(c1ccc(OC)c(OC)c1)N(C)C)N1CC(C)C(C(=O)OC)C1. The van der Waals surface area contributed by atoms with E-state index in [0.717, 1.165) is 18.1 Å². The Labute approximate surface area is 173 Å². The lowest BCUT2D eigenvalue weighted by Gasteiger charge is -2.28. The van der Waals surface area contributed by atoms with E-state index in [4.69, 9.17) is 14.2 Å². The van der Waals surface area contributed by atoms with Crippen LogP contribution in [0.15, 0.2) is 23.2 Å². The smallest absolute Gasteiger partial charge is 0.310 e. The van der Waals surface area contributed by atoms with E-state index in [9.17, 15) is 4.79 Å². The Kier molecular flexibility index (Phi) is 8.13. The van der Waals surface area contributed by atoms with Crippen LogP contribution in [0.25, 0.3) is 0 Å². The third-order valence-electron chi connectivity index (χ3n) is 5.50. The largest absolute Gasteiger partial charge is 0.493 e. The number of rotatable bonds is 7. The second-order valence-electron chi connectivity index (χ2n) is 7.53. The monoisotopic (exact) mass is 406 g/mol. The fraction of sp³-hybridized carbons (Fsp3) is 0.619. The molecule has 3 unspecified atom stereocenters. The van der Waals surface area contributed by atoms with Gasteiger partial charge < -0.3 is 29.3 Å². The van der Waals surface area contributed by atoms with Gasteiger partial charge in [-0.3, -0.25) is 9.79 Å². The second-order valence-corrected chi connectivity index (χ2v) is 7.53. The van der Waals surface area contributed by atoms with Crippen molar-refractivity contribution in [3.05, 3.63) is 23.8 Å². The van der Waals surface area contributed by atoms with Crippen LogP contribution in [0.4, 0.5) is 0 Å². The van der Waals surface area contributed by atoms with Crippen molar-refractivity contribution >= 4 is 11.9 Å². The zero-order chi connectivity index (χ0) is 21.6. The van der Waals surface area contributed by atoms with Crippen LogP contribution >= 0.6 is 0 Å². The fourth-order valence-electron chi connectivity index (χ4n) is 3.78. The molecule has 0 spiro atoms. The number of methoxy groups -OCH3 is 3. The van der Waals surface area contributed by atoms with Gasteiger partial charge in [-0.2, -0.15) is 0 Å². The van der Waals surface area contributed by atoms with E-state index in [-0.39, 0.29) is 23.8 Å². The predicted octanol–water partition coefficient (Wildman–Crippen LogP) is 1.62. The Hall–Kier alpha value is -2.48. The number of nitrogens with zero attached hydrogens (tertiary/aromatic N) is 3. The molecule has 0 bridgehead atoms. The van der Waals surface area contributed by atoms with Gasteiger partial charge in [0.25, 0.3) is 0 Å². The van der Waals surface area contributed by atoms with Crippen molar-refractivity contribution in [1.29, 1.82) is 0 Å². The first-order valence-electron chi connectivity index (χ1n) is 9.78. The molecule has 8 heteroatoms. The molecule has 1 aromatic rings. The molecule has 29 heavy (non-hydrogen) atoms. The summed E-state index contributed by atoms with van der Waals surface area (Å²) in [6, 6.07) is 6.06. The van der Waals surface area contributed by atoms with Crippen LogP contribution in [0.5, 0.6) is 11.5 Å². The second kappa shape index (κ2) is 10.3. The first-order valence-corrected chi connectivity index (χ1v) is 9.78. The van der Waals surface area contributed by atoms with E-state index in [0.29, 0.717) is 24.6 Å². The normalized spacial score (nSPS) is 20.6. The van der Waals surface area contributed by atoms with E-state index < -0.39 is 0 Å². The van der Waals surface area contributed by atoms with E-state index in [1.54, 1.807) is 21.3 Å². The Morgan fingerprint density at radius 3 is 2.48 bits per heavy atom. The minimum atomic E-state index is -0.160. The molecule has 3 atom stereocenters. The summed E-state index contributed by atoms with van der Waals surface area (Å²) in [5.74, 6) is 2.13. The van der Waals surface area contributed by atoms with Crippen LogP contribution in [-0.4, -0.2) is 83.8 Å². The number of nitrogens with one attached hydrogen (secondary N) is 1. The van der Waals surface area contributed by atoms with Crippen molar-refractivity contribution < 1.29 is 19.0 Å². The van der Waals surface area contributed by atoms with Crippen molar-refractivity contribution in [2.24, 2.45) is 16.8 Å². The predicted molar refractivity (Wildman–Crippen MR) is 114 cm³/mol. The Morgan fingerprint density at radius 1 is 1.24 bits per heavy atom. The van der Waals surface area contributed by atoms with Crippen LogP contribution in [-0.2, 0) is 9.53 Å². The summed E-state index contributed by atoms with van der Waals surface area (Å²) in [6.07, 6.45) is 0. The third kappa shape index (κ3) is 5.32. The van der Waals surface area contributed by atoms with Gasteiger partial charge in [0, 0.05) is 26.7 Å². The molecular weight excluding hydrogens is 372 g/mol. The molecule has 8 nitrogen and oxygen atoms in total. The summed E-state index contributed by atoms with van der Waals surface area (Å²) in [5, 5.41) is 3.47. The molecule has 162 valence electrons. The summed E-state index contributed by atoms with van der Waals surface area (Å²) in [5.41, 5.74) is 1.11. The third-order valence-corrected chi connectivity index (χ3v) is 5.50. The minimum absolute atomic E-state index is 0.1000. The zero-order valence-electron chi connectivity index (χ0n) is 18.6. The van der Waals surface area contributed by atoms with Gasteiger partial charge in [-0.25, -0.2) is 0 Å². The highest BCUT2D eigenvalue weighted by atomic mass is 16.5. The molecular formula is C21H34N4O4. The van der Waals surface area contributed by atoms with E-state index in [1.165, 1.54) is 7.11 Å². The number of aliphatic imine (C=N–C) groups is 1. The van der Waals surface area contributed by atoms with Gasteiger partial charge in [-0.15, -0.1) is 0 Å².